The first kappa shape index (κ1) is 21.8. The van der Waals surface area contributed by atoms with Crippen LogP contribution in [0.5, 0.6) is 0 Å². The van der Waals surface area contributed by atoms with Crippen molar-refractivity contribution in [3.05, 3.63) is 59.8 Å². The van der Waals surface area contributed by atoms with Gasteiger partial charge in [0, 0.05) is 46.0 Å². The second-order valence-electron chi connectivity index (χ2n) is 8.07. The highest BCUT2D eigenvalue weighted by molar-refractivity contribution is 5.88. The SMILES string of the molecule is C=CC(=O)N1CCN(Cc2ccc([C@H](C)Nc3ncc4c(n3)N(C)C(=O)OC4)cc2)CC1. The van der Waals surface area contributed by atoms with Crippen molar-refractivity contribution in [3.8, 4) is 0 Å². The Morgan fingerprint density at radius 2 is 1.97 bits per heavy atom. The first-order valence-corrected chi connectivity index (χ1v) is 10.7. The van der Waals surface area contributed by atoms with Crippen LogP contribution < -0.4 is 10.2 Å². The molecule has 168 valence electrons. The Labute approximate surface area is 187 Å². The van der Waals surface area contributed by atoms with Crippen molar-refractivity contribution in [2.24, 2.45) is 0 Å². The standard InChI is InChI=1S/C23H28N6O3/c1-4-20(30)29-11-9-28(10-12-29)14-17-5-7-18(8-6-17)16(2)25-22-24-13-19-15-32-23(31)27(3)21(19)26-22/h4-8,13,16H,1,9-12,14-15H2,2-3H3,(H,24,25,26)/t16-/m0/s1. The van der Waals surface area contributed by atoms with Gasteiger partial charge in [-0.2, -0.15) is 4.98 Å². The zero-order chi connectivity index (χ0) is 22.7. The van der Waals surface area contributed by atoms with Crippen molar-refractivity contribution in [2.45, 2.75) is 26.1 Å². The van der Waals surface area contributed by atoms with Crippen LogP contribution in [0.1, 0.15) is 29.7 Å². The summed E-state index contributed by atoms with van der Waals surface area (Å²) in [5.74, 6) is 1.04. The highest BCUT2D eigenvalue weighted by Crippen LogP contribution is 2.25. The molecule has 2 aliphatic rings. The topological polar surface area (TPSA) is 90.9 Å². The van der Waals surface area contributed by atoms with Gasteiger partial charge in [0.2, 0.25) is 11.9 Å². The minimum absolute atomic E-state index is 0.00333. The maximum Gasteiger partial charge on any atom is 0.415 e. The number of fused-ring (bicyclic) bond motifs is 1. The van der Waals surface area contributed by atoms with Crippen LogP contribution in [0.3, 0.4) is 0 Å². The number of hydrogen-bond acceptors (Lipinski definition) is 7. The van der Waals surface area contributed by atoms with Gasteiger partial charge in [0.1, 0.15) is 12.4 Å². The molecular weight excluding hydrogens is 408 g/mol. The van der Waals surface area contributed by atoms with Gasteiger partial charge in [-0.25, -0.2) is 9.78 Å². The lowest BCUT2D eigenvalue weighted by atomic mass is 10.1. The van der Waals surface area contributed by atoms with E-state index in [1.807, 2.05) is 11.8 Å². The van der Waals surface area contributed by atoms with E-state index in [1.54, 1.807) is 13.2 Å². The zero-order valence-corrected chi connectivity index (χ0v) is 18.5. The molecule has 32 heavy (non-hydrogen) atoms. The average Bonchev–Trinajstić information content (AvgIpc) is 2.82. The summed E-state index contributed by atoms with van der Waals surface area (Å²) >= 11 is 0. The molecule has 1 saturated heterocycles. The monoisotopic (exact) mass is 436 g/mol. The van der Waals surface area contributed by atoms with Crippen LogP contribution in [0.25, 0.3) is 0 Å². The smallest absolute Gasteiger partial charge is 0.415 e. The molecule has 2 aliphatic heterocycles. The Balaban J connectivity index is 1.34. The van der Waals surface area contributed by atoms with Gasteiger partial charge < -0.3 is 15.0 Å². The lowest BCUT2D eigenvalue weighted by Gasteiger charge is -2.34. The van der Waals surface area contributed by atoms with Crippen LogP contribution in [0.15, 0.2) is 43.1 Å². The number of piperazine rings is 1. The van der Waals surface area contributed by atoms with Gasteiger partial charge in [-0.05, 0) is 24.1 Å². The molecule has 3 heterocycles. The highest BCUT2D eigenvalue weighted by atomic mass is 16.6. The third-order valence-electron chi connectivity index (χ3n) is 5.87. The number of carbonyl (C=O) groups excluding carboxylic acids is 2. The van der Waals surface area contributed by atoms with E-state index in [0.29, 0.717) is 11.8 Å². The summed E-state index contributed by atoms with van der Waals surface area (Å²) in [5, 5.41) is 3.31. The molecule has 0 aliphatic carbocycles. The fourth-order valence-corrected chi connectivity index (χ4v) is 3.88. The van der Waals surface area contributed by atoms with Gasteiger partial charge in [-0.3, -0.25) is 14.6 Å². The molecule has 9 heteroatoms. The number of benzene rings is 1. The number of ether oxygens (including phenoxy) is 1. The molecule has 4 rings (SSSR count). The van der Waals surface area contributed by atoms with E-state index in [4.69, 9.17) is 4.74 Å². The zero-order valence-electron chi connectivity index (χ0n) is 18.5. The summed E-state index contributed by atoms with van der Waals surface area (Å²) in [7, 11) is 1.64. The van der Waals surface area contributed by atoms with E-state index in [9.17, 15) is 9.59 Å². The Kier molecular flexibility index (Phi) is 6.36. The molecular formula is C23H28N6O3. The minimum atomic E-state index is -0.417. The van der Waals surface area contributed by atoms with Gasteiger partial charge in [-0.15, -0.1) is 0 Å². The molecule has 1 N–H and O–H groups in total. The number of cyclic esters (lactones) is 1. The van der Waals surface area contributed by atoms with Crippen molar-refractivity contribution in [1.29, 1.82) is 0 Å². The molecule has 0 saturated carbocycles. The number of carbonyl (C=O) groups is 2. The molecule has 1 aromatic carbocycles. The van der Waals surface area contributed by atoms with Gasteiger partial charge in [0.05, 0.1) is 11.6 Å². The number of amides is 2. The van der Waals surface area contributed by atoms with Crippen molar-refractivity contribution in [3.63, 3.8) is 0 Å². The minimum Gasteiger partial charge on any atom is -0.444 e. The predicted octanol–water partition coefficient (Wildman–Crippen LogP) is 2.57. The largest absolute Gasteiger partial charge is 0.444 e. The molecule has 2 aromatic rings. The van der Waals surface area contributed by atoms with Crippen LogP contribution in [0.2, 0.25) is 0 Å². The van der Waals surface area contributed by atoms with Crippen LogP contribution in [0, 0.1) is 0 Å². The number of nitrogens with zero attached hydrogens (tertiary/aromatic N) is 5. The number of aromatic nitrogens is 2. The number of nitrogens with one attached hydrogen (secondary N) is 1. The molecule has 9 nitrogen and oxygen atoms in total. The van der Waals surface area contributed by atoms with E-state index in [1.165, 1.54) is 16.5 Å². The maximum absolute atomic E-state index is 11.7. The van der Waals surface area contributed by atoms with Gasteiger partial charge in [0.25, 0.3) is 0 Å². The third-order valence-corrected chi connectivity index (χ3v) is 5.87. The van der Waals surface area contributed by atoms with E-state index in [0.717, 1.165) is 43.9 Å². The van der Waals surface area contributed by atoms with Crippen molar-refractivity contribution in [2.75, 3.05) is 43.4 Å². The summed E-state index contributed by atoms with van der Waals surface area (Å²) in [6.45, 7) is 9.83. The summed E-state index contributed by atoms with van der Waals surface area (Å²) < 4.78 is 5.06. The fourth-order valence-electron chi connectivity index (χ4n) is 3.88. The number of anilines is 2. The molecule has 2 amide bonds. The molecule has 0 radical (unpaired) electrons. The Morgan fingerprint density at radius 3 is 2.66 bits per heavy atom. The summed E-state index contributed by atoms with van der Waals surface area (Å²) in [5.41, 5.74) is 3.13. The Bertz CT molecular complexity index is 1000. The van der Waals surface area contributed by atoms with E-state index in [2.05, 4.69) is 51.0 Å². The van der Waals surface area contributed by atoms with Crippen LogP contribution >= 0.6 is 0 Å². The van der Waals surface area contributed by atoms with E-state index < -0.39 is 6.09 Å². The molecule has 0 spiro atoms. The summed E-state index contributed by atoms with van der Waals surface area (Å²) in [6, 6.07) is 8.47. The normalized spacial score (nSPS) is 17.4. The summed E-state index contributed by atoms with van der Waals surface area (Å²) in [6.07, 6.45) is 2.65. The molecule has 0 bridgehead atoms. The fraction of sp³-hybridized carbons (Fsp3) is 0.391. The highest BCUT2D eigenvalue weighted by Gasteiger charge is 2.25. The molecule has 1 fully saturated rings. The maximum atomic E-state index is 11.7. The van der Waals surface area contributed by atoms with Crippen molar-refractivity contribution in [1.82, 2.24) is 19.8 Å². The van der Waals surface area contributed by atoms with Crippen molar-refractivity contribution < 1.29 is 14.3 Å². The number of hydrogen-bond donors (Lipinski definition) is 1. The lowest BCUT2D eigenvalue weighted by Crippen LogP contribution is -2.47. The molecule has 0 unspecified atom stereocenters. The average molecular weight is 437 g/mol. The van der Waals surface area contributed by atoms with Gasteiger partial charge in [-0.1, -0.05) is 30.8 Å². The predicted molar refractivity (Wildman–Crippen MR) is 121 cm³/mol. The Morgan fingerprint density at radius 1 is 1.25 bits per heavy atom. The lowest BCUT2D eigenvalue weighted by molar-refractivity contribution is -0.127. The molecule has 1 atom stereocenters. The third kappa shape index (κ3) is 4.72. The van der Waals surface area contributed by atoms with Crippen molar-refractivity contribution >= 4 is 23.8 Å². The first-order chi connectivity index (χ1) is 15.4. The van der Waals surface area contributed by atoms with E-state index >= 15 is 0 Å². The Hall–Kier alpha value is -3.46. The van der Waals surface area contributed by atoms with Crippen LogP contribution in [-0.2, 0) is 22.7 Å². The quantitative estimate of drug-likeness (QED) is 0.696. The number of rotatable bonds is 6. The van der Waals surface area contributed by atoms with Gasteiger partial charge in [0.15, 0.2) is 0 Å². The van der Waals surface area contributed by atoms with Crippen LogP contribution in [-0.4, -0.2) is 65.0 Å². The van der Waals surface area contributed by atoms with Gasteiger partial charge >= 0.3 is 6.09 Å². The summed E-state index contributed by atoms with van der Waals surface area (Å²) in [4.78, 5) is 37.9. The second-order valence-corrected chi connectivity index (χ2v) is 8.07. The van der Waals surface area contributed by atoms with Crippen LogP contribution in [0.4, 0.5) is 16.6 Å². The first-order valence-electron chi connectivity index (χ1n) is 10.7. The molecule has 1 aromatic heterocycles. The van der Waals surface area contributed by atoms with E-state index in [-0.39, 0.29) is 18.6 Å². The second kappa shape index (κ2) is 9.35.